The van der Waals surface area contributed by atoms with E-state index in [4.69, 9.17) is 27.7 Å². The number of carbonyl (C=O) groups excluding carboxylic acids is 1. The lowest BCUT2D eigenvalue weighted by Gasteiger charge is -2.05. The van der Waals surface area contributed by atoms with E-state index in [2.05, 4.69) is 10.5 Å². The van der Waals surface area contributed by atoms with E-state index in [1.54, 1.807) is 13.0 Å². The maximum absolute atomic E-state index is 12.0. The summed E-state index contributed by atoms with van der Waals surface area (Å²) in [7, 11) is 0. The van der Waals surface area contributed by atoms with Crippen LogP contribution >= 0.6 is 23.2 Å². The molecule has 1 aromatic heterocycles. The van der Waals surface area contributed by atoms with Gasteiger partial charge in [0.25, 0.3) is 11.6 Å². The predicted octanol–water partition coefficient (Wildman–Crippen LogP) is 3.13. The summed E-state index contributed by atoms with van der Waals surface area (Å²) in [5.74, 6) is 0.0849. The molecular formula is C12H9Cl2N3O4. The van der Waals surface area contributed by atoms with Gasteiger partial charge in [0.2, 0.25) is 0 Å². The highest BCUT2D eigenvalue weighted by Gasteiger charge is 2.20. The van der Waals surface area contributed by atoms with Gasteiger partial charge in [-0.2, -0.15) is 0 Å². The summed E-state index contributed by atoms with van der Waals surface area (Å²) < 4.78 is 4.86. The van der Waals surface area contributed by atoms with Crippen LogP contribution in [-0.2, 0) is 6.54 Å². The number of aryl methyl sites for hydroxylation is 1. The third kappa shape index (κ3) is 3.50. The van der Waals surface area contributed by atoms with Crippen LogP contribution in [0.1, 0.15) is 21.8 Å². The number of aromatic nitrogens is 1. The molecule has 0 saturated heterocycles. The average Bonchev–Trinajstić information content (AvgIpc) is 2.84. The second-order valence-corrected chi connectivity index (χ2v) is 4.95. The molecule has 0 atom stereocenters. The molecule has 0 aliphatic heterocycles. The fraction of sp³-hybridized carbons (Fsp3) is 0.167. The number of nitrogens with zero attached hydrogens (tertiary/aromatic N) is 2. The first kappa shape index (κ1) is 15.3. The van der Waals surface area contributed by atoms with Crippen LogP contribution in [-0.4, -0.2) is 16.0 Å². The van der Waals surface area contributed by atoms with Crippen molar-refractivity contribution in [2.45, 2.75) is 13.5 Å². The lowest BCUT2D eigenvalue weighted by Crippen LogP contribution is -2.23. The molecule has 0 aliphatic carbocycles. The maximum atomic E-state index is 12.0. The lowest BCUT2D eigenvalue weighted by molar-refractivity contribution is -0.384. The van der Waals surface area contributed by atoms with Gasteiger partial charge in [0.15, 0.2) is 0 Å². The molecule has 1 N–H and O–H groups in total. The van der Waals surface area contributed by atoms with Gasteiger partial charge in [0.1, 0.15) is 16.5 Å². The van der Waals surface area contributed by atoms with Crippen LogP contribution < -0.4 is 5.32 Å². The summed E-state index contributed by atoms with van der Waals surface area (Å²) in [6.45, 7) is 1.85. The highest BCUT2D eigenvalue weighted by molar-refractivity contribution is 6.43. The predicted molar refractivity (Wildman–Crippen MR) is 75.5 cm³/mol. The molecule has 7 nitrogen and oxygen atoms in total. The van der Waals surface area contributed by atoms with Crippen LogP contribution in [0.2, 0.25) is 10.0 Å². The largest absolute Gasteiger partial charge is 0.361 e. The van der Waals surface area contributed by atoms with E-state index in [0.717, 1.165) is 6.07 Å². The van der Waals surface area contributed by atoms with Gasteiger partial charge in [-0.25, -0.2) is 0 Å². The first-order valence-electron chi connectivity index (χ1n) is 5.72. The molecule has 0 fully saturated rings. The number of hydrogen-bond donors (Lipinski definition) is 1. The van der Waals surface area contributed by atoms with Crippen molar-refractivity contribution in [1.29, 1.82) is 0 Å². The summed E-state index contributed by atoms with van der Waals surface area (Å²) in [5.41, 5.74) is 0.151. The quantitative estimate of drug-likeness (QED) is 0.686. The monoisotopic (exact) mass is 329 g/mol. The molecule has 2 aromatic rings. The van der Waals surface area contributed by atoms with Crippen LogP contribution in [0.15, 0.2) is 22.7 Å². The highest BCUT2D eigenvalue weighted by atomic mass is 35.5. The number of nitrogens with one attached hydrogen (secondary N) is 1. The fourth-order valence-corrected chi connectivity index (χ4v) is 2.01. The van der Waals surface area contributed by atoms with Crippen LogP contribution in [0.4, 0.5) is 5.69 Å². The Morgan fingerprint density at radius 1 is 1.43 bits per heavy atom. The number of hydrogen-bond acceptors (Lipinski definition) is 5. The van der Waals surface area contributed by atoms with E-state index in [0.29, 0.717) is 11.5 Å². The van der Waals surface area contributed by atoms with Gasteiger partial charge in [-0.05, 0) is 13.0 Å². The minimum Gasteiger partial charge on any atom is -0.361 e. The summed E-state index contributed by atoms with van der Waals surface area (Å²) >= 11 is 11.5. The fourth-order valence-electron chi connectivity index (χ4n) is 1.61. The number of rotatable bonds is 4. The molecule has 0 radical (unpaired) electrons. The van der Waals surface area contributed by atoms with Crippen molar-refractivity contribution >= 4 is 34.8 Å². The summed E-state index contributed by atoms with van der Waals surface area (Å²) in [6.07, 6.45) is 0. The van der Waals surface area contributed by atoms with E-state index in [1.165, 1.54) is 6.07 Å². The standard InChI is InChI=1S/C12H9Cl2N3O4/c1-6-2-8(16-21-6)5-15-12(18)7-3-9(13)11(14)10(4-7)17(19)20/h2-4H,5H2,1H3,(H,15,18). The second-order valence-electron chi connectivity index (χ2n) is 4.16. The lowest BCUT2D eigenvalue weighted by atomic mass is 10.2. The van der Waals surface area contributed by atoms with Gasteiger partial charge in [0, 0.05) is 17.7 Å². The van der Waals surface area contributed by atoms with E-state index < -0.39 is 16.5 Å². The first-order chi connectivity index (χ1) is 9.88. The summed E-state index contributed by atoms with van der Waals surface area (Å²) in [5, 5.41) is 16.8. The third-order valence-electron chi connectivity index (χ3n) is 2.57. The number of nitro groups is 1. The normalized spacial score (nSPS) is 10.4. The smallest absolute Gasteiger partial charge is 0.290 e. The van der Waals surface area contributed by atoms with E-state index in [-0.39, 0.29) is 22.2 Å². The van der Waals surface area contributed by atoms with Gasteiger partial charge in [-0.15, -0.1) is 0 Å². The first-order valence-corrected chi connectivity index (χ1v) is 6.48. The number of amides is 1. The minimum atomic E-state index is -0.702. The number of benzene rings is 1. The van der Waals surface area contributed by atoms with Crippen molar-refractivity contribution in [1.82, 2.24) is 10.5 Å². The van der Waals surface area contributed by atoms with Gasteiger partial charge in [-0.3, -0.25) is 14.9 Å². The second kappa shape index (κ2) is 6.11. The molecule has 9 heteroatoms. The zero-order chi connectivity index (χ0) is 15.6. The molecule has 1 aromatic carbocycles. The molecule has 0 spiro atoms. The van der Waals surface area contributed by atoms with Crippen molar-refractivity contribution in [3.63, 3.8) is 0 Å². The molecule has 1 amide bonds. The number of halogens is 2. The topological polar surface area (TPSA) is 98.3 Å². The van der Waals surface area contributed by atoms with Gasteiger partial charge in [-0.1, -0.05) is 28.4 Å². The van der Waals surface area contributed by atoms with Gasteiger partial charge >= 0.3 is 0 Å². The molecule has 0 unspecified atom stereocenters. The summed E-state index contributed by atoms with van der Waals surface area (Å²) in [4.78, 5) is 22.1. The molecular weight excluding hydrogens is 321 g/mol. The summed E-state index contributed by atoms with van der Waals surface area (Å²) in [6, 6.07) is 4.00. The van der Waals surface area contributed by atoms with Crippen LogP contribution in [0.25, 0.3) is 0 Å². The SMILES string of the molecule is Cc1cc(CNC(=O)c2cc(Cl)c(Cl)c([N+](=O)[O-])c2)no1. The van der Waals surface area contributed by atoms with Crippen LogP contribution in [0, 0.1) is 17.0 Å². The van der Waals surface area contributed by atoms with Crippen molar-refractivity contribution < 1.29 is 14.2 Å². The molecule has 2 rings (SSSR count). The highest BCUT2D eigenvalue weighted by Crippen LogP contribution is 2.33. The van der Waals surface area contributed by atoms with Crippen LogP contribution in [0.3, 0.4) is 0 Å². The minimum absolute atomic E-state index is 0.0383. The molecule has 1 heterocycles. The Balaban J connectivity index is 2.17. The maximum Gasteiger partial charge on any atom is 0.290 e. The zero-order valence-electron chi connectivity index (χ0n) is 10.7. The van der Waals surface area contributed by atoms with E-state index >= 15 is 0 Å². The molecule has 0 saturated carbocycles. The Labute approximate surface area is 129 Å². The Morgan fingerprint density at radius 2 is 2.14 bits per heavy atom. The van der Waals surface area contributed by atoms with Crippen LogP contribution in [0.5, 0.6) is 0 Å². The van der Waals surface area contributed by atoms with Gasteiger partial charge in [0.05, 0.1) is 16.5 Å². The van der Waals surface area contributed by atoms with E-state index in [9.17, 15) is 14.9 Å². The van der Waals surface area contributed by atoms with Crippen molar-refractivity contribution in [2.24, 2.45) is 0 Å². The zero-order valence-corrected chi connectivity index (χ0v) is 12.2. The van der Waals surface area contributed by atoms with Gasteiger partial charge < -0.3 is 9.84 Å². The Kier molecular flexibility index (Phi) is 4.44. The Morgan fingerprint density at radius 3 is 2.71 bits per heavy atom. The van der Waals surface area contributed by atoms with Crippen molar-refractivity contribution in [2.75, 3.05) is 0 Å². The Hall–Kier alpha value is -2.12. The number of nitro benzene ring substituents is 1. The third-order valence-corrected chi connectivity index (χ3v) is 3.37. The van der Waals surface area contributed by atoms with E-state index in [1.807, 2.05) is 0 Å². The molecule has 110 valence electrons. The molecule has 0 bridgehead atoms. The average molecular weight is 330 g/mol. The molecule has 21 heavy (non-hydrogen) atoms. The Bertz CT molecular complexity index is 715. The van der Waals surface area contributed by atoms with Crippen molar-refractivity contribution in [3.05, 3.63) is 55.4 Å². The van der Waals surface area contributed by atoms with Crippen molar-refractivity contribution in [3.8, 4) is 0 Å². The molecule has 0 aliphatic rings. The number of carbonyl (C=O) groups is 1.